The Hall–Kier alpha value is -2.75. The first-order valence-corrected chi connectivity index (χ1v) is 10.6. The second kappa shape index (κ2) is 7.94. The van der Waals surface area contributed by atoms with E-state index >= 15 is 0 Å². The predicted octanol–water partition coefficient (Wildman–Crippen LogP) is 4.69. The van der Waals surface area contributed by atoms with E-state index in [0.717, 1.165) is 62.4 Å². The third-order valence-corrected chi connectivity index (χ3v) is 6.24. The first-order valence-electron chi connectivity index (χ1n) is 10.6. The van der Waals surface area contributed by atoms with Gasteiger partial charge in [-0.3, -0.25) is 4.79 Å². The molecule has 2 aromatic carbocycles. The minimum absolute atomic E-state index is 0.148. The van der Waals surface area contributed by atoms with Crippen molar-refractivity contribution >= 4 is 17.3 Å². The number of carbonyl (C=O) groups excluding carboxylic acids is 1. The van der Waals surface area contributed by atoms with Crippen LogP contribution in [0.1, 0.15) is 39.9 Å². The highest BCUT2D eigenvalue weighted by Gasteiger charge is 2.25. The second-order valence-electron chi connectivity index (χ2n) is 8.39. The molecule has 4 nitrogen and oxygen atoms in total. The number of carbonyl (C=O) groups is 1. The summed E-state index contributed by atoms with van der Waals surface area (Å²) < 4.78 is 0. The standard InChI is InChI=1S/C25H31N3O/c1-18-7-10-24(20(3)16-18)26-12-14-27(15-13-26)25(29)23-9-8-22(17-19(23)2)28-11-5-6-21(28)4/h7-10,16-17H,4-6,11-15H2,1-3H3. The quantitative estimate of drug-likeness (QED) is 0.762. The van der Waals surface area contributed by atoms with E-state index in [1.807, 2.05) is 17.9 Å². The van der Waals surface area contributed by atoms with Crippen LogP contribution in [0.5, 0.6) is 0 Å². The van der Waals surface area contributed by atoms with Crippen LogP contribution in [-0.2, 0) is 0 Å². The van der Waals surface area contributed by atoms with Crippen LogP contribution in [0.4, 0.5) is 11.4 Å². The van der Waals surface area contributed by atoms with Crippen LogP contribution in [0.2, 0.25) is 0 Å². The van der Waals surface area contributed by atoms with Gasteiger partial charge in [-0.05, 0) is 69.0 Å². The van der Waals surface area contributed by atoms with Crippen LogP contribution in [0.25, 0.3) is 0 Å². The molecular weight excluding hydrogens is 358 g/mol. The highest BCUT2D eigenvalue weighted by atomic mass is 16.2. The topological polar surface area (TPSA) is 26.8 Å². The number of hydrogen-bond donors (Lipinski definition) is 0. The van der Waals surface area contributed by atoms with Gasteiger partial charge < -0.3 is 14.7 Å². The summed E-state index contributed by atoms with van der Waals surface area (Å²) in [6, 6.07) is 12.8. The number of benzene rings is 2. The number of amides is 1. The van der Waals surface area contributed by atoms with Crippen LogP contribution in [-0.4, -0.2) is 43.5 Å². The Labute approximate surface area is 174 Å². The molecule has 29 heavy (non-hydrogen) atoms. The molecule has 2 aliphatic heterocycles. The number of anilines is 2. The lowest BCUT2D eigenvalue weighted by atomic mass is 10.0. The lowest BCUT2D eigenvalue weighted by molar-refractivity contribution is 0.0746. The lowest BCUT2D eigenvalue weighted by Gasteiger charge is -2.37. The molecule has 0 unspecified atom stereocenters. The first kappa shape index (κ1) is 19.6. The van der Waals surface area contributed by atoms with Gasteiger partial charge in [-0.25, -0.2) is 0 Å². The van der Waals surface area contributed by atoms with Crippen molar-refractivity contribution in [3.63, 3.8) is 0 Å². The van der Waals surface area contributed by atoms with Gasteiger partial charge in [0.05, 0.1) is 0 Å². The van der Waals surface area contributed by atoms with Gasteiger partial charge in [-0.1, -0.05) is 24.3 Å². The second-order valence-corrected chi connectivity index (χ2v) is 8.39. The normalized spacial score (nSPS) is 17.2. The molecule has 152 valence electrons. The van der Waals surface area contributed by atoms with E-state index in [9.17, 15) is 4.79 Å². The van der Waals surface area contributed by atoms with Crippen LogP contribution in [0.3, 0.4) is 0 Å². The van der Waals surface area contributed by atoms with Crippen molar-refractivity contribution in [1.82, 2.24) is 4.90 Å². The van der Waals surface area contributed by atoms with E-state index < -0.39 is 0 Å². The number of hydrogen-bond acceptors (Lipinski definition) is 3. The largest absolute Gasteiger partial charge is 0.368 e. The summed E-state index contributed by atoms with van der Waals surface area (Å²) in [5.41, 5.74) is 8.07. The Morgan fingerprint density at radius 1 is 0.897 bits per heavy atom. The molecule has 2 aromatic rings. The molecule has 1 amide bonds. The van der Waals surface area contributed by atoms with Gasteiger partial charge in [0.1, 0.15) is 0 Å². The molecule has 0 aromatic heterocycles. The zero-order valence-electron chi connectivity index (χ0n) is 17.9. The highest BCUT2D eigenvalue weighted by Crippen LogP contribution is 2.29. The summed E-state index contributed by atoms with van der Waals surface area (Å²) in [4.78, 5) is 19.8. The van der Waals surface area contributed by atoms with Gasteiger partial charge >= 0.3 is 0 Å². The Kier molecular flexibility index (Phi) is 5.35. The first-order chi connectivity index (χ1) is 13.9. The number of allylic oxidation sites excluding steroid dienone is 1. The fourth-order valence-corrected chi connectivity index (χ4v) is 4.58. The number of nitrogens with zero attached hydrogens (tertiary/aromatic N) is 3. The summed E-state index contributed by atoms with van der Waals surface area (Å²) in [6.45, 7) is 14.8. The molecule has 0 bridgehead atoms. The molecule has 0 aliphatic carbocycles. The monoisotopic (exact) mass is 389 g/mol. The molecule has 0 spiro atoms. The third-order valence-electron chi connectivity index (χ3n) is 6.24. The van der Waals surface area contributed by atoms with Crippen molar-refractivity contribution in [2.24, 2.45) is 0 Å². The van der Waals surface area contributed by atoms with Crippen molar-refractivity contribution in [3.05, 3.63) is 70.9 Å². The SMILES string of the molecule is C=C1CCCN1c1ccc(C(=O)N2CCN(c3ccc(C)cc3C)CC2)c(C)c1. The zero-order valence-corrected chi connectivity index (χ0v) is 17.9. The van der Waals surface area contributed by atoms with E-state index in [4.69, 9.17) is 0 Å². The molecule has 2 fully saturated rings. The maximum atomic E-state index is 13.1. The fourth-order valence-electron chi connectivity index (χ4n) is 4.58. The average molecular weight is 390 g/mol. The van der Waals surface area contributed by atoms with Crippen LogP contribution in [0, 0.1) is 20.8 Å². The summed E-state index contributed by atoms with van der Waals surface area (Å²) in [5, 5.41) is 0. The van der Waals surface area contributed by atoms with Gasteiger partial charge in [-0.15, -0.1) is 0 Å². The van der Waals surface area contributed by atoms with E-state index in [1.165, 1.54) is 22.5 Å². The van der Waals surface area contributed by atoms with E-state index in [2.05, 4.69) is 60.6 Å². The number of aryl methyl sites for hydroxylation is 3. The van der Waals surface area contributed by atoms with Crippen LogP contribution < -0.4 is 9.80 Å². The van der Waals surface area contributed by atoms with E-state index in [1.54, 1.807) is 0 Å². The predicted molar refractivity (Wildman–Crippen MR) is 121 cm³/mol. The zero-order chi connectivity index (χ0) is 20.5. The molecular formula is C25H31N3O. The van der Waals surface area contributed by atoms with Crippen molar-refractivity contribution < 1.29 is 4.79 Å². The van der Waals surface area contributed by atoms with Crippen molar-refractivity contribution in [2.45, 2.75) is 33.6 Å². The smallest absolute Gasteiger partial charge is 0.254 e. The Morgan fingerprint density at radius 3 is 2.28 bits per heavy atom. The molecule has 4 rings (SSSR count). The molecule has 0 N–H and O–H groups in total. The summed E-state index contributed by atoms with van der Waals surface area (Å²) >= 11 is 0. The van der Waals surface area contributed by atoms with Gasteiger partial charge in [0, 0.05) is 55.4 Å². The summed E-state index contributed by atoms with van der Waals surface area (Å²) in [5.74, 6) is 0.148. The molecule has 0 saturated carbocycles. The molecule has 4 heteroatoms. The van der Waals surface area contributed by atoms with E-state index in [-0.39, 0.29) is 5.91 Å². The van der Waals surface area contributed by atoms with Gasteiger partial charge in [0.2, 0.25) is 0 Å². The molecule has 2 heterocycles. The maximum absolute atomic E-state index is 13.1. The number of rotatable bonds is 3. The van der Waals surface area contributed by atoms with Gasteiger partial charge in [-0.2, -0.15) is 0 Å². The minimum atomic E-state index is 0.148. The molecule has 0 atom stereocenters. The molecule has 0 radical (unpaired) electrons. The number of piperazine rings is 1. The van der Waals surface area contributed by atoms with Gasteiger partial charge in [0.15, 0.2) is 0 Å². The van der Waals surface area contributed by atoms with Crippen molar-refractivity contribution in [3.8, 4) is 0 Å². The van der Waals surface area contributed by atoms with Crippen molar-refractivity contribution in [1.29, 1.82) is 0 Å². The Bertz CT molecular complexity index is 941. The molecule has 2 aliphatic rings. The van der Waals surface area contributed by atoms with Crippen molar-refractivity contribution in [2.75, 3.05) is 42.5 Å². The fraction of sp³-hybridized carbons (Fsp3) is 0.400. The van der Waals surface area contributed by atoms with Crippen LogP contribution >= 0.6 is 0 Å². The summed E-state index contributed by atoms with van der Waals surface area (Å²) in [7, 11) is 0. The highest BCUT2D eigenvalue weighted by molar-refractivity contribution is 5.96. The molecule has 2 saturated heterocycles. The van der Waals surface area contributed by atoms with Gasteiger partial charge in [0.25, 0.3) is 5.91 Å². The maximum Gasteiger partial charge on any atom is 0.254 e. The van der Waals surface area contributed by atoms with Crippen LogP contribution in [0.15, 0.2) is 48.7 Å². The Balaban J connectivity index is 1.43. The lowest BCUT2D eigenvalue weighted by Crippen LogP contribution is -2.49. The third kappa shape index (κ3) is 3.89. The Morgan fingerprint density at radius 2 is 1.66 bits per heavy atom. The van der Waals surface area contributed by atoms with E-state index in [0.29, 0.717) is 0 Å². The minimum Gasteiger partial charge on any atom is -0.368 e. The summed E-state index contributed by atoms with van der Waals surface area (Å²) in [6.07, 6.45) is 2.22. The average Bonchev–Trinajstić information content (AvgIpc) is 3.13.